The number of phenols is 1. The number of hydrogen-bond donors (Lipinski definition) is 2. The molecule has 0 saturated heterocycles. The van der Waals surface area contributed by atoms with Gasteiger partial charge in [-0.15, -0.1) is 0 Å². The number of Topliss-reactive ketones (excluding diaryl/α,β-unsaturated/α-hetero) is 1. The number of phenolic OH excluding ortho intramolecular Hbond substituents is 1. The molecule has 1 aromatic carbocycles. The predicted octanol–water partition coefficient (Wildman–Crippen LogP) is 1.94. The average Bonchev–Trinajstić information content (AvgIpc) is 2.43. The molecule has 0 unspecified atom stereocenters. The standard InChI is InChI=1S/C15H16O5/c1-7-3-9-11(6-20-7)15(18)13-10(14(9)17)4-8(19-2)5-12(13)16/h4-7,9,14,16-17H,3H2,1-2H3/t7-,9+,14-/m0/s1. The summed E-state index contributed by atoms with van der Waals surface area (Å²) in [7, 11) is 1.47. The lowest BCUT2D eigenvalue weighted by Crippen LogP contribution is -2.33. The Kier molecular flexibility index (Phi) is 2.94. The third kappa shape index (κ3) is 1.78. The first-order chi connectivity index (χ1) is 9.52. The number of benzene rings is 1. The molecular weight excluding hydrogens is 260 g/mol. The molecule has 0 saturated carbocycles. The summed E-state index contributed by atoms with van der Waals surface area (Å²) in [5, 5.41) is 20.5. The van der Waals surface area contributed by atoms with Crippen molar-refractivity contribution in [3.05, 3.63) is 35.1 Å². The zero-order valence-corrected chi connectivity index (χ0v) is 11.3. The van der Waals surface area contributed by atoms with Crippen LogP contribution in [-0.4, -0.2) is 29.2 Å². The smallest absolute Gasteiger partial charge is 0.196 e. The van der Waals surface area contributed by atoms with Gasteiger partial charge in [0.1, 0.15) is 11.5 Å². The summed E-state index contributed by atoms with van der Waals surface area (Å²) in [6.45, 7) is 1.89. The lowest BCUT2D eigenvalue weighted by molar-refractivity contribution is 0.0434. The zero-order valence-electron chi connectivity index (χ0n) is 11.3. The highest BCUT2D eigenvalue weighted by Gasteiger charge is 2.42. The fourth-order valence-electron chi connectivity index (χ4n) is 2.92. The Labute approximate surface area is 116 Å². The molecule has 2 aliphatic rings. The van der Waals surface area contributed by atoms with E-state index in [9.17, 15) is 15.0 Å². The third-order valence-corrected chi connectivity index (χ3v) is 3.96. The van der Waals surface area contributed by atoms with Crippen molar-refractivity contribution in [3.63, 3.8) is 0 Å². The zero-order chi connectivity index (χ0) is 14.4. The summed E-state index contributed by atoms with van der Waals surface area (Å²) in [4.78, 5) is 12.5. The van der Waals surface area contributed by atoms with Gasteiger partial charge < -0.3 is 19.7 Å². The summed E-state index contributed by atoms with van der Waals surface area (Å²) >= 11 is 0. The van der Waals surface area contributed by atoms with Gasteiger partial charge in [0.05, 0.1) is 31.1 Å². The average molecular weight is 276 g/mol. The van der Waals surface area contributed by atoms with Crippen molar-refractivity contribution in [3.8, 4) is 11.5 Å². The fraction of sp³-hybridized carbons (Fsp3) is 0.400. The van der Waals surface area contributed by atoms with Crippen LogP contribution in [0.2, 0.25) is 0 Å². The SMILES string of the molecule is COc1cc(O)c2c(c1)[C@@H](O)[C@@H]1C[C@H](C)OC=C1C2=O. The van der Waals surface area contributed by atoms with Crippen LogP contribution in [0.4, 0.5) is 0 Å². The molecule has 1 heterocycles. The minimum atomic E-state index is -0.846. The number of methoxy groups -OCH3 is 1. The van der Waals surface area contributed by atoms with Crippen LogP contribution >= 0.6 is 0 Å². The molecule has 106 valence electrons. The molecule has 0 spiro atoms. The molecule has 0 bridgehead atoms. The van der Waals surface area contributed by atoms with Gasteiger partial charge in [-0.1, -0.05) is 0 Å². The summed E-state index contributed by atoms with van der Waals surface area (Å²) in [5.41, 5.74) is 0.977. The number of aliphatic hydroxyl groups excluding tert-OH is 1. The number of carbonyl (C=O) groups excluding carboxylic acids is 1. The Morgan fingerprint density at radius 3 is 2.85 bits per heavy atom. The molecule has 3 rings (SSSR count). The van der Waals surface area contributed by atoms with Crippen molar-refractivity contribution in [2.45, 2.75) is 25.6 Å². The van der Waals surface area contributed by atoms with Crippen LogP contribution in [0.25, 0.3) is 0 Å². The summed E-state index contributed by atoms with van der Waals surface area (Å²) in [5.74, 6) is -0.352. The van der Waals surface area contributed by atoms with Gasteiger partial charge in [-0.2, -0.15) is 0 Å². The van der Waals surface area contributed by atoms with Gasteiger partial charge in [0.25, 0.3) is 0 Å². The van der Waals surface area contributed by atoms with Gasteiger partial charge in [-0.05, 0) is 25.0 Å². The van der Waals surface area contributed by atoms with Crippen LogP contribution in [0.15, 0.2) is 24.0 Å². The van der Waals surface area contributed by atoms with Crippen LogP contribution in [0.5, 0.6) is 11.5 Å². The van der Waals surface area contributed by atoms with Crippen molar-refractivity contribution in [1.29, 1.82) is 0 Å². The maximum atomic E-state index is 12.5. The second kappa shape index (κ2) is 4.52. The largest absolute Gasteiger partial charge is 0.507 e. The maximum Gasteiger partial charge on any atom is 0.196 e. The van der Waals surface area contributed by atoms with Crippen LogP contribution in [0.3, 0.4) is 0 Å². The summed E-state index contributed by atoms with van der Waals surface area (Å²) in [6.07, 6.45) is 1.08. The Bertz CT molecular complexity index is 605. The maximum absolute atomic E-state index is 12.5. The monoisotopic (exact) mass is 276 g/mol. The van der Waals surface area contributed by atoms with Gasteiger partial charge in [-0.3, -0.25) is 4.79 Å². The highest BCUT2D eigenvalue weighted by atomic mass is 16.5. The van der Waals surface area contributed by atoms with Crippen molar-refractivity contribution >= 4 is 5.78 Å². The minimum Gasteiger partial charge on any atom is -0.507 e. The Hall–Kier alpha value is -2.01. The molecule has 5 heteroatoms. The van der Waals surface area contributed by atoms with E-state index in [1.165, 1.54) is 19.4 Å². The Balaban J connectivity index is 2.17. The molecule has 0 aromatic heterocycles. The van der Waals surface area contributed by atoms with Gasteiger partial charge in [-0.25, -0.2) is 0 Å². The van der Waals surface area contributed by atoms with E-state index in [1.807, 2.05) is 6.92 Å². The number of carbonyl (C=O) groups is 1. The van der Waals surface area contributed by atoms with Crippen molar-refractivity contribution in [1.82, 2.24) is 0 Å². The van der Waals surface area contributed by atoms with Crippen LogP contribution in [0, 0.1) is 5.92 Å². The van der Waals surface area contributed by atoms with E-state index in [4.69, 9.17) is 9.47 Å². The number of fused-ring (bicyclic) bond motifs is 2. The first kappa shape index (κ1) is 13.0. The fourth-order valence-corrected chi connectivity index (χ4v) is 2.92. The van der Waals surface area contributed by atoms with E-state index in [0.717, 1.165) is 0 Å². The molecule has 2 N–H and O–H groups in total. The number of ether oxygens (including phenoxy) is 2. The van der Waals surface area contributed by atoms with Gasteiger partial charge in [0, 0.05) is 17.6 Å². The van der Waals surface area contributed by atoms with E-state index >= 15 is 0 Å². The van der Waals surface area contributed by atoms with Gasteiger partial charge in [0.15, 0.2) is 5.78 Å². The molecule has 3 atom stereocenters. The highest BCUT2D eigenvalue weighted by Crippen LogP contribution is 2.46. The topological polar surface area (TPSA) is 76.0 Å². The minimum absolute atomic E-state index is 0.0491. The van der Waals surface area contributed by atoms with Crippen molar-refractivity contribution in [2.24, 2.45) is 5.92 Å². The molecule has 1 aliphatic carbocycles. The van der Waals surface area contributed by atoms with E-state index in [2.05, 4.69) is 0 Å². The van der Waals surface area contributed by atoms with Crippen molar-refractivity contribution < 1.29 is 24.5 Å². The summed E-state index contributed by atoms with van der Waals surface area (Å²) in [6, 6.07) is 2.98. The lowest BCUT2D eigenvalue weighted by Gasteiger charge is -2.36. The van der Waals surface area contributed by atoms with Crippen molar-refractivity contribution in [2.75, 3.05) is 7.11 Å². The number of aromatic hydroxyl groups is 1. The van der Waals surface area contributed by atoms with Crippen LogP contribution < -0.4 is 4.74 Å². The molecule has 0 fully saturated rings. The molecule has 0 radical (unpaired) electrons. The molecule has 5 nitrogen and oxygen atoms in total. The molecule has 0 amide bonds. The van der Waals surface area contributed by atoms with Gasteiger partial charge in [0.2, 0.25) is 0 Å². The third-order valence-electron chi connectivity index (χ3n) is 3.96. The second-order valence-electron chi connectivity index (χ2n) is 5.25. The quantitative estimate of drug-likeness (QED) is 0.819. The van der Waals surface area contributed by atoms with Crippen LogP contribution in [0.1, 0.15) is 35.4 Å². The molecular formula is C15H16O5. The molecule has 1 aromatic rings. The first-order valence-corrected chi connectivity index (χ1v) is 6.52. The summed E-state index contributed by atoms with van der Waals surface area (Å²) < 4.78 is 10.4. The predicted molar refractivity (Wildman–Crippen MR) is 70.7 cm³/mol. The number of ketones is 1. The number of hydrogen-bond acceptors (Lipinski definition) is 5. The Morgan fingerprint density at radius 2 is 2.15 bits per heavy atom. The Morgan fingerprint density at radius 1 is 1.40 bits per heavy atom. The number of aliphatic hydroxyl groups is 1. The second-order valence-corrected chi connectivity index (χ2v) is 5.25. The normalized spacial score (nSPS) is 28.1. The van der Waals surface area contributed by atoms with Gasteiger partial charge >= 0.3 is 0 Å². The highest BCUT2D eigenvalue weighted by molar-refractivity contribution is 6.13. The lowest BCUT2D eigenvalue weighted by atomic mass is 9.74. The molecule has 20 heavy (non-hydrogen) atoms. The first-order valence-electron chi connectivity index (χ1n) is 6.52. The number of rotatable bonds is 1. The van der Waals surface area contributed by atoms with Crippen LogP contribution in [-0.2, 0) is 4.74 Å². The van der Waals surface area contributed by atoms with E-state index < -0.39 is 6.10 Å². The molecule has 1 aliphatic heterocycles. The van der Waals surface area contributed by atoms with E-state index in [1.54, 1.807) is 6.07 Å². The van der Waals surface area contributed by atoms with E-state index in [-0.39, 0.29) is 29.1 Å². The van der Waals surface area contributed by atoms with E-state index in [0.29, 0.717) is 23.3 Å².